The van der Waals surface area contributed by atoms with E-state index in [4.69, 9.17) is 5.73 Å². The first kappa shape index (κ1) is 7.53. The molecule has 0 aliphatic rings. The van der Waals surface area contributed by atoms with Crippen molar-refractivity contribution < 1.29 is 4.39 Å². The first-order valence-electron chi connectivity index (χ1n) is 3.23. The van der Waals surface area contributed by atoms with Gasteiger partial charge in [0.05, 0.1) is 23.3 Å². The molecule has 0 aliphatic heterocycles. The van der Waals surface area contributed by atoms with Crippen LogP contribution in [0.25, 0.3) is 10.9 Å². The van der Waals surface area contributed by atoms with Gasteiger partial charge in [0.1, 0.15) is 0 Å². The van der Waals surface area contributed by atoms with Gasteiger partial charge in [-0.25, -0.2) is 14.5 Å². The molecule has 0 atom stereocenters. The molecule has 2 N–H and O–H groups in total. The maximum absolute atomic E-state index is 13.2. The molecule has 58 valence electrons. The van der Waals surface area contributed by atoms with Gasteiger partial charge >= 0.3 is 16.5 Å². The van der Waals surface area contributed by atoms with E-state index in [2.05, 4.69) is 26.6 Å². The van der Waals surface area contributed by atoms with Gasteiger partial charge in [0.15, 0.2) is 11.6 Å². The zero-order chi connectivity index (χ0) is 8.72. The largest absolute Gasteiger partial charge is 0.382 e. The Balaban J connectivity index is 2.93. The van der Waals surface area contributed by atoms with E-state index in [0.29, 0.717) is 10.9 Å². The normalized spacial score (nSPS) is 10.8. The zero-order valence-electron chi connectivity index (χ0n) is 6.03. The third-order valence-electron chi connectivity index (χ3n) is 1.62. The maximum atomic E-state index is 13.2. The summed E-state index contributed by atoms with van der Waals surface area (Å²) in [6, 6.07) is 0. The number of hydrogen-bond acceptors (Lipinski definition) is 3. The number of hydrogen-bond donors (Lipinski definition) is 1. The number of nitrogens with zero attached hydrogens (tertiary/aromatic N) is 3. The predicted molar refractivity (Wildman–Crippen MR) is 43.1 cm³/mol. The lowest BCUT2D eigenvalue weighted by Crippen LogP contribution is -1.97. The van der Waals surface area contributed by atoms with Crippen molar-refractivity contribution in [1.29, 1.82) is 0 Å². The molecule has 2 aromatic heterocycles. The molecule has 0 saturated heterocycles. The van der Waals surface area contributed by atoms with E-state index in [1.54, 1.807) is 0 Å². The van der Waals surface area contributed by atoms with Gasteiger partial charge in [0, 0.05) is 0 Å². The van der Waals surface area contributed by atoms with Crippen molar-refractivity contribution in [3.63, 3.8) is 0 Å². The summed E-state index contributed by atoms with van der Waals surface area (Å²) in [5.41, 5.74) is 5.87. The van der Waals surface area contributed by atoms with Crippen LogP contribution in [0.5, 0.6) is 0 Å². The van der Waals surface area contributed by atoms with Crippen molar-refractivity contribution in [2.45, 2.75) is 0 Å². The summed E-state index contributed by atoms with van der Waals surface area (Å²) in [6.45, 7) is 0. The predicted octanol–water partition coefficient (Wildman–Crippen LogP) is 0.0842. The van der Waals surface area contributed by atoms with Crippen molar-refractivity contribution in [3.8, 4) is 0 Å². The molecule has 0 bridgehead atoms. The fraction of sp³-hybridized carbons (Fsp3) is 0. The molecular weight excluding hydrogens is 174 g/mol. The molecule has 2 heterocycles. The first-order valence-corrected chi connectivity index (χ1v) is 3.74. The van der Waals surface area contributed by atoms with E-state index in [1.807, 2.05) is 0 Å². The summed E-state index contributed by atoms with van der Waals surface area (Å²) in [5, 5.41) is 4.23. The van der Waals surface area contributed by atoms with Gasteiger partial charge < -0.3 is 9.40 Å². The van der Waals surface area contributed by atoms with E-state index >= 15 is 0 Å². The standard InChI is InChI=1S/C6H4FN4.Al/c7-5-3-1-10-11-4(3)2-9-6(5)8;/h1-2H,(H2-,8,9,10,11);/q-1;+1. The SMILES string of the molecule is Nc1ncc2c(cn[n]2[Al])c1F. The number of halogens is 1. The third-order valence-corrected chi connectivity index (χ3v) is 2.03. The highest BCUT2D eigenvalue weighted by molar-refractivity contribution is 6.10. The van der Waals surface area contributed by atoms with E-state index in [0.717, 1.165) is 0 Å². The summed E-state index contributed by atoms with van der Waals surface area (Å²) in [5.74, 6) is -0.610. The zero-order valence-corrected chi connectivity index (χ0v) is 7.18. The molecule has 0 amide bonds. The topological polar surface area (TPSA) is 56.7 Å². The molecule has 12 heavy (non-hydrogen) atoms. The van der Waals surface area contributed by atoms with Crippen molar-refractivity contribution in [2.75, 3.05) is 5.73 Å². The Bertz CT molecular complexity index is 438. The highest BCUT2D eigenvalue weighted by atomic mass is 27.1. The second-order valence-corrected chi connectivity index (χ2v) is 2.83. The molecule has 4 nitrogen and oxygen atoms in total. The molecule has 0 spiro atoms. The minimum atomic E-state index is -0.513. The minimum absolute atomic E-state index is 0.0968. The molecule has 0 fully saturated rings. The molecule has 2 aromatic rings. The average molecular weight is 178 g/mol. The Kier molecular flexibility index (Phi) is 1.53. The van der Waals surface area contributed by atoms with Crippen molar-refractivity contribution in [2.24, 2.45) is 0 Å². The van der Waals surface area contributed by atoms with Crippen molar-refractivity contribution >= 4 is 33.2 Å². The maximum Gasteiger partial charge on any atom is 0.354 e. The van der Waals surface area contributed by atoms with Crippen LogP contribution in [-0.4, -0.2) is 30.3 Å². The lowest BCUT2D eigenvalue weighted by Gasteiger charge is -1.97. The van der Waals surface area contributed by atoms with Gasteiger partial charge in [0.2, 0.25) is 0 Å². The molecule has 2 radical (unpaired) electrons. The van der Waals surface area contributed by atoms with Crippen LogP contribution in [0.4, 0.5) is 10.2 Å². The van der Waals surface area contributed by atoms with Gasteiger partial charge in [-0.05, 0) is 0 Å². The highest BCUT2D eigenvalue weighted by Crippen LogP contribution is 2.18. The lowest BCUT2D eigenvalue weighted by molar-refractivity contribution is 0.639. The lowest BCUT2D eigenvalue weighted by atomic mass is 10.3. The fourth-order valence-corrected chi connectivity index (χ4v) is 1.27. The van der Waals surface area contributed by atoms with E-state index in [9.17, 15) is 4.39 Å². The van der Waals surface area contributed by atoms with Gasteiger partial charge in [-0.15, -0.1) is 0 Å². The van der Waals surface area contributed by atoms with Crippen LogP contribution in [0, 0.1) is 5.82 Å². The number of rotatable bonds is 0. The molecule has 6 heteroatoms. The number of nitrogens with two attached hydrogens (primary N) is 1. The molecular formula is C6H4AlFN4. The molecule has 2 rings (SSSR count). The van der Waals surface area contributed by atoms with Gasteiger partial charge in [0.25, 0.3) is 0 Å². The summed E-state index contributed by atoms with van der Waals surface area (Å²) in [7, 11) is 0. The Morgan fingerprint density at radius 2 is 2.25 bits per heavy atom. The Labute approximate surface area is 75.8 Å². The van der Waals surface area contributed by atoms with Crippen LogP contribution in [0.2, 0.25) is 0 Å². The number of anilines is 1. The first-order chi connectivity index (χ1) is 5.70. The average Bonchev–Trinajstić information content (AvgIpc) is 2.41. The van der Waals surface area contributed by atoms with Crippen LogP contribution < -0.4 is 5.73 Å². The molecule has 0 aromatic carbocycles. The highest BCUT2D eigenvalue weighted by Gasteiger charge is 2.07. The smallest absolute Gasteiger partial charge is 0.354 e. The number of aromatic nitrogens is 3. The number of pyridine rings is 1. The number of nitrogen functional groups attached to an aromatic ring is 1. The fourth-order valence-electron chi connectivity index (χ4n) is 0.995. The summed E-state index contributed by atoms with van der Waals surface area (Å²) >= 11 is 2.33. The van der Waals surface area contributed by atoms with Crippen LogP contribution >= 0.6 is 0 Å². The second kappa shape index (κ2) is 2.44. The van der Waals surface area contributed by atoms with E-state index in [1.165, 1.54) is 16.1 Å². The van der Waals surface area contributed by atoms with Gasteiger partial charge in [-0.3, -0.25) is 0 Å². The van der Waals surface area contributed by atoms with Crippen LogP contribution in [0.3, 0.4) is 0 Å². The van der Waals surface area contributed by atoms with Crippen molar-refractivity contribution in [3.05, 3.63) is 18.2 Å². The van der Waals surface area contributed by atoms with Gasteiger partial charge in [-0.1, -0.05) is 0 Å². The monoisotopic (exact) mass is 178 g/mol. The Morgan fingerprint density at radius 3 is 3.00 bits per heavy atom. The molecule has 0 unspecified atom stereocenters. The molecule has 0 aliphatic carbocycles. The Morgan fingerprint density at radius 1 is 1.50 bits per heavy atom. The third kappa shape index (κ3) is 0.891. The quantitative estimate of drug-likeness (QED) is 0.581. The van der Waals surface area contributed by atoms with Crippen molar-refractivity contribution in [1.82, 2.24) is 13.7 Å². The summed E-state index contributed by atoms with van der Waals surface area (Å²) in [6.07, 6.45) is 2.89. The van der Waals surface area contributed by atoms with Crippen LogP contribution in [-0.2, 0) is 0 Å². The van der Waals surface area contributed by atoms with Crippen LogP contribution in [0.1, 0.15) is 0 Å². The van der Waals surface area contributed by atoms with E-state index < -0.39 is 5.82 Å². The number of fused-ring (bicyclic) bond motifs is 1. The minimum Gasteiger partial charge on any atom is -0.382 e. The summed E-state index contributed by atoms with van der Waals surface area (Å²) in [4.78, 5) is 3.67. The molecule has 0 saturated carbocycles. The van der Waals surface area contributed by atoms with Gasteiger partial charge in [-0.2, -0.15) is 0 Å². The van der Waals surface area contributed by atoms with Crippen LogP contribution in [0.15, 0.2) is 12.4 Å². The second-order valence-electron chi connectivity index (χ2n) is 2.35. The Hall–Kier alpha value is -1.12. The van der Waals surface area contributed by atoms with E-state index in [-0.39, 0.29) is 5.82 Å². The summed E-state index contributed by atoms with van der Waals surface area (Å²) < 4.78 is 14.6.